The van der Waals surface area contributed by atoms with Crippen LogP contribution in [0.2, 0.25) is 5.02 Å². The number of hydrogen-bond acceptors (Lipinski definition) is 6. The molecule has 1 amide bonds. The number of carbonyl (C=O) groups is 2. The van der Waals surface area contributed by atoms with Crippen LogP contribution >= 0.6 is 11.6 Å². The summed E-state index contributed by atoms with van der Waals surface area (Å²) in [4.78, 5) is 31.9. The Morgan fingerprint density at radius 3 is 2.26 bits per heavy atom. The normalized spacial score (nSPS) is 25.9. The molecule has 2 aromatic heterocycles. The number of hydrogen-bond donors (Lipinski definition) is 3. The molecule has 2 heterocycles. The number of aliphatic carboxylic acids is 1. The van der Waals surface area contributed by atoms with E-state index in [0.29, 0.717) is 56.3 Å². The van der Waals surface area contributed by atoms with E-state index in [1.165, 1.54) is 6.42 Å². The molecule has 4 aromatic rings. The molecule has 4 fully saturated rings. The number of nitrogens with one attached hydrogen (secondary N) is 2. The number of halogens is 1. The molecule has 4 saturated carbocycles. The highest BCUT2D eigenvalue weighted by Crippen LogP contribution is 2.58. The van der Waals surface area contributed by atoms with Gasteiger partial charge in [0.1, 0.15) is 17.0 Å². The van der Waals surface area contributed by atoms with Crippen LogP contribution in [0.15, 0.2) is 48.7 Å². The number of ether oxygens (including phenoxy) is 2. The minimum atomic E-state index is -1.32. The van der Waals surface area contributed by atoms with E-state index in [1.54, 1.807) is 44.7 Å². The molecular formula is C32H31ClN4O5. The van der Waals surface area contributed by atoms with Gasteiger partial charge in [0.2, 0.25) is 0 Å². The first kappa shape index (κ1) is 26.8. The zero-order chi connectivity index (χ0) is 29.2. The van der Waals surface area contributed by atoms with Crippen LogP contribution in [0.4, 0.5) is 0 Å². The summed E-state index contributed by atoms with van der Waals surface area (Å²) in [5.41, 5.74) is 1.69. The number of methoxy groups -OCH3 is 2. The third-order valence-corrected chi connectivity index (χ3v) is 9.97. The summed E-state index contributed by atoms with van der Waals surface area (Å²) in [7, 11) is 3.13. The van der Waals surface area contributed by atoms with Crippen molar-refractivity contribution >= 4 is 34.4 Å². The SMILES string of the molecule is COc1cccc(OC)c1-c1[nH]nc(C(=O)NC2(C(=O)O)C3CC4CC(C3)CC2C4)c1-c1ccnc2cc(Cl)ccc12. The summed E-state index contributed by atoms with van der Waals surface area (Å²) in [6, 6.07) is 12.6. The third-order valence-electron chi connectivity index (χ3n) is 9.73. The monoisotopic (exact) mass is 586 g/mol. The van der Waals surface area contributed by atoms with Crippen LogP contribution in [0.1, 0.15) is 42.6 Å². The molecule has 0 unspecified atom stereocenters. The van der Waals surface area contributed by atoms with Crippen molar-refractivity contribution in [3.63, 3.8) is 0 Å². The van der Waals surface area contributed by atoms with Gasteiger partial charge in [0.05, 0.1) is 31.0 Å². The lowest BCUT2D eigenvalue weighted by Crippen LogP contribution is -2.70. The average molecular weight is 587 g/mol. The van der Waals surface area contributed by atoms with Crippen molar-refractivity contribution in [1.29, 1.82) is 0 Å². The number of benzene rings is 2. The molecule has 42 heavy (non-hydrogen) atoms. The van der Waals surface area contributed by atoms with E-state index in [1.807, 2.05) is 18.2 Å². The lowest BCUT2D eigenvalue weighted by molar-refractivity contribution is -0.163. The molecule has 0 radical (unpaired) electrons. The maximum Gasteiger partial charge on any atom is 0.330 e. The van der Waals surface area contributed by atoms with Gasteiger partial charge in [0.15, 0.2) is 5.69 Å². The molecule has 0 aliphatic heterocycles. The number of aromatic nitrogens is 3. The van der Waals surface area contributed by atoms with Gasteiger partial charge in [-0.2, -0.15) is 5.10 Å². The van der Waals surface area contributed by atoms with Gasteiger partial charge in [-0.1, -0.05) is 23.7 Å². The van der Waals surface area contributed by atoms with E-state index < -0.39 is 17.4 Å². The summed E-state index contributed by atoms with van der Waals surface area (Å²) in [5.74, 6) is 0.430. The molecule has 2 aromatic carbocycles. The number of rotatable bonds is 7. The highest BCUT2D eigenvalue weighted by atomic mass is 35.5. The Bertz CT molecular complexity index is 1680. The second-order valence-electron chi connectivity index (χ2n) is 11.8. The minimum Gasteiger partial charge on any atom is -0.496 e. The lowest BCUT2D eigenvalue weighted by atomic mass is 9.48. The molecule has 0 saturated heterocycles. The Kier molecular flexibility index (Phi) is 6.38. The summed E-state index contributed by atoms with van der Waals surface area (Å²) < 4.78 is 11.4. The van der Waals surface area contributed by atoms with Crippen molar-refractivity contribution < 1.29 is 24.2 Å². The Morgan fingerprint density at radius 2 is 1.64 bits per heavy atom. The molecule has 3 N–H and O–H groups in total. The summed E-state index contributed by atoms with van der Waals surface area (Å²) in [6.45, 7) is 0. The molecule has 8 rings (SSSR count). The molecule has 4 aliphatic rings. The van der Waals surface area contributed by atoms with Crippen LogP contribution in [-0.4, -0.2) is 51.9 Å². The van der Waals surface area contributed by atoms with Gasteiger partial charge in [0, 0.05) is 22.2 Å². The fourth-order valence-corrected chi connectivity index (χ4v) is 8.33. The number of nitrogens with zero attached hydrogens (tertiary/aromatic N) is 2. The highest BCUT2D eigenvalue weighted by Gasteiger charge is 2.62. The van der Waals surface area contributed by atoms with E-state index in [9.17, 15) is 14.7 Å². The summed E-state index contributed by atoms with van der Waals surface area (Å²) >= 11 is 6.29. The van der Waals surface area contributed by atoms with Gasteiger partial charge in [-0.3, -0.25) is 14.9 Å². The van der Waals surface area contributed by atoms with Gasteiger partial charge in [-0.15, -0.1) is 0 Å². The molecule has 10 heteroatoms. The smallest absolute Gasteiger partial charge is 0.330 e. The van der Waals surface area contributed by atoms with Crippen LogP contribution in [0.5, 0.6) is 11.5 Å². The number of amides is 1. The molecular weight excluding hydrogens is 556 g/mol. The van der Waals surface area contributed by atoms with Crippen LogP contribution in [0, 0.1) is 23.7 Å². The summed E-state index contributed by atoms with van der Waals surface area (Å²) in [6.07, 6.45) is 6.13. The van der Waals surface area contributed by atoms with Crippen LogP contribution in [0.25, 0.3) is 33.3 Å². The number of aromatic amines is 1. The van der Waals surface area contributed by atoms with E-state index in [-0.39, 0.29) is 17.5 Å². The van der Waals surface area contributed by atoms with E-state index in [0.717, 1.165) is 31.1 Å². The van der Waals surface area contributed by atoms with Crippen molar-refractivity contribution in [2.45, 2.75) is 37.6 Å². The number of pyridine rings is 1. The van der Waals surface area contributed by atoms with Crippen molar-refractivity contribution in [3.05, 3.63) is 59.4 Å². The van der Waals surface area contributed by atoms with Crippen molar-refractivity contribution in [2.75, 3.05) is 14.2 Å². The first-order valence-electron chi connectivity index (χ1n) is 14.2. The van der Waals surface area contributed by atoms with Crippen LogP contribution < -0.4 is 14.8 Å². The zero-order valence-electron chi connectivity index (χ0n) is 23.3. The van der Waals surface area contributed by atoms with Crippen LogP contribution in [-0.2, 0) is 4.79 Å². The number of H-pyrrole nitrogens is 1. The lowest BCUT2D eigenvalue weighted by Gasteiger charge is -2.59. The Hall–Kier alpha value is -4.11. The molecule has 9 nitrogen and oxygen atoms in total. The Labute approximate surface area is 247 Å². The van der Waals surface area contributed by atoms with E-state index in [4.69, 9.17) is 21.1 Å². The predicted molar refractivity (Wildman–Crippen MR) is 158 cm³/mol. The number of carbonyl (C=O) groups excluding carboxylic acids is 1. The van der Waals surface area contributed by atoms with Gasteiger partial charge in [-0.25, -0.2) is 4.79 Å². The maximum absolute atomic E-state index is 14.3. The number of fused-ring (bicyclic) bond motifs is 1. The number of carboxylic acid groups (broad SMARTS) is 1. The topological polar surface area (TPSA) is 126 Å². The van der Waals surface area contributed by atoms with Gasteiger partial charge in [-0.05, 0) is 91.7 Å². The van der Waals surface area contributed by atoms with Gasteiger partial charge in [0.25, 0.3) is 5.91 Å². The van der Waals surface area contributed by atoms with Crippen molar-refractivity contribution in [1.82, 2.24) is 20.5 Å². The van der Waals surface area contributed by atoms with Crippen molar-refractivity contribution in [3.8, 4) is 33.9 Å². The first-order chi connectivity index (χ1) is 20.3. The Morgan fingerprint density at radius 1 is 0.976 bits per heavy atom. The second-order valence-corrected chi connectivity index (χ2v) is 12.2. The largest absolute Gasteiger partial charge is 0.496 e. The number of carboxylic acids is 1. The molecule has 4 aliphatic carbocycles. The zero-order valence-corrected chi connectivity index (χ0v) is 24.1. The predicted octanol–water partition coefficient (Wildman–Crippen LogP) is 5.97. The van der Waals surface area contributed by atoms with Gasteiger partial charge >= 0.3 is 5.97 Å². The van der Waals surface area contributed by atoms with Crippen LogP contribution in [0.3, 0.4) is 0 Å². The maximum atomic E-state index is 14.3. The highest BCUT2D eigenvalue weighted by molar-refractivity contribution is 6.31. The first-order valence-corrected chi connectivity index (χ1v) is 14.6. The molecule has 0 spiro atoms. The fourth-order valence-electron chi connectivity index (χ4n) is 8.17. The quantitative estimate of drug-likeness (QED) is 0.243. The third kappa shape index (κ3) is 3.97. The molecule has 0 atom stereocenters. The molecule has 216 valence electrons. The minimum absolute atomic E-state index is 0.0924. The Balaban J connectivity index is 1.42. The summed E-state index contributed by atoms with van der Waals surface area (Å²) in [5, 5.41) is 22.6. The fraction of sp³-hybridized carbons (Fsp3) is 0.375. The van der Waals surface area contributed by atoms with Gasteiger partial charge < -0.3 is 19.9 Å². The average Bonchev–Trinajstić information content (AvgIpc) is 3.42. The van der Waals surface area contributed by atoms with E-state index >= 15 is 0 Å². The van der Waals surface area contributed by atoms with E-state index in [2.05, 4.69) is 20.5 Å². The second kappa shape index (κ2) is 10.0. The van der Waals surface area contributed by atoms with Crippen molar-refractivity contribution in [2.24, 2.45) is 23.7 Å². The standard InChI is InChI=1S/C32H31ClN4O5/c1-41-24-4-3-5-25(42-2)27(24)28-26(22-8-9-34-23-15-20(33)6-7-21(22)23)29(37-36-28)30(38)35-32(31(39)40)18-11-16-10-17(13-18)14-19(32)12-16/h3-9,15-19H,10-14H2,1-2H3,(H,35,38)(H,36,37)(H,39,40). The molecule has 4 bridgehead atoms.